The van der Waals surface area contributed by atoms with Crippen molar-refractivity contribution in [2.75, 3.05) is 46.8 Å². The molecule has 7 nitrogen and oxygen atoms in total. The van der Waals surface area contributed by atoms with Gasteiger partial charge in [0.1, 0.15) is 0 Å². The molecule has 0 radical (unpaired) electrons. The van der Waals surface area contributed by atoms with Crippen molar-refractivity contribution in [3.63, 3.8) is 0 Å². The minimum atomic E-state index is -0.250. The molecule has 1 amide bonds. The smallest absolute Gasteiger partial charge is 0.290 e. The molecule has 1 atom stereocenters. The number of nitrogens with zero attached hydrogens (tertiary/aromatic N) is 4. The largest absolute Gasteiger partial charge is 0.483 e. The van der Waals surface area contributed by atoms with Crippen molar-refractivity contribution in [3.05, 3.63) is 30.1 Å². The lowest BCUT2D eigenvalue weighted by molar-refractivity contribution is -0.133. The molecule has 7 heteroatoms. The van der Waals surface area contributed by atoms with E-state index in [0.717, 1.165) is 38.4 Å². The molecule has 2 aliphatic rings. The highest BCUT2D eigenvalue weighted by Gasteiger charge is 2.37. The molecule has 1 unspecified atom stereocenters. The monoisotopic (exact) mass is 362 g/mol. The average molecular weight is 362 g/mol. The van der Waals surface area contributed by atoms with Gasteiger partial charge in [0, 0.05) is 52.4 Å². The Hall–Kier alpha value is -1.99. The van der Waals surface area contributed by atoms with Crippen LogP contribution in [0, 0.1) is 5.92 Å². The molecule has 2 heterocycles. The molecule has 1 saturated carbocycles. The molecule has 1 aliphatic carbocycles. The summed E-state index contributed by atoms with van der Waals surface area (Å²) in [6.45, 7) is 4.96. The lowest BCUT2D eigenvalue weighted by Gasteiger charge is -2.33. The van der Waals surface area contributed by atoms with Crippen LogP contribution in [0.15, 0.2) is 24.4 Å². The molecule has 1 aromatic rings. The number of pyridine rings is 1. The first kappa shape index (κ1) is 20.3. The van der Waals surface area contributed by atoms with Crippen LogP contribution in [0.3, 0.4) is 0 Å². The van der Waals surface area contributed by atoms with E-state index < -0.39 is 0 Å². The van der Waals surface area contributed by atoms with E-state index in [2.05, 4.69) is 21.8 Å². The van der Waals surface area contributed by atoms with E-state index in [1.165, 1.54) is 12.8 Å². The minimum Gasteiger partial charge on any atom is -0.483 e. The summed E-state index contributed by atoms with van der Waals surface area (Å²) < 4.78 is 0. The van der Waals surface area contributed by atoms with Crippen LogP contribution in [0.4, 0.5) is 0 Å². The minimum absolute atomic E-state index is 0.149. The first-order valence-electron chi connectivity index (χ1n) is 9.22. The third-order valence-electron chi connectivity index (χ3n) is 5.11. The van der Waals surface area contributed by atoms with Crippen LogP contribution < -0.4 is 0 Å². The van der Waals surface area contributed by atoms with Crippen LogP contribution in [0.25, 0.3) is 0 Å². The van der Waals surface area contributed by atoms with Crippen LogP contribution >= 0.6 is 0 Å². The Kier molecular flexibility index (Phi) is 8.00. The number of carbonyl (C=O) groups is 2. The SMILES string of the molecule is CN1CCN(CCC(=O)N(C)C(c2ccccn2)C2CC2)CC1.O=CO. The lowest BCUT2D eigenvalue weighted by atomic mass is 10.1. The normalized spacial score (nSPS) is 19.2. The Labute approximate surface area is 155 Å². The standard InChI is InChI=1S/C18H28N4O.CH2O2/c1-20-11-13-22(14-12-20)10-8-17(23)21(2)18(15-6-7-15)16-5-3-4-9-19-16;2-1-3/h3-5,9,15,18H,6-8,10-14H2,1-2H3;1H,(H,2,3). The fourth-order valence-corrected chi connectivity index (χ4v) is 3.38. The summed E-state index contributed by atoms with van der Waals surface area (Å²) in [5, 5.41) is 6.89. The number of hydrogen-bond acceptors (Lipinski definition) is 5. The van der Waals surface area contributed by atoms with Gasteiger partial charge in [0.2, 0.25) is 5.91 Å². The number of carbonyl (C=O) groups excluding carboxylic acids is 1. The van der Waals surface area contributed by atoms with E-state index in [9.17, 15) is 4.79 Å². The van der Waals surface area contributed by atoms with Crippen LogP contribution in [-0.2, 0) is 9.59 Å². The van der Waals surface area contributed by atoms with Crippen molar-refractivity contribution in [1.82, 2.24) is 19.7 Å². The Balaban J connectivity index is 0.000000758. The Bertz CT molecular complexity index is 557. The van der Waals surface area contributed by atoms with E-state index in [4.69, 9.17) is 9.90 Å². The molecule has 3 rings (SSSR count). The van der Waals surface area contributed by atoms with Gasteiger partial charge in [0.15, 0.2) is 0 Å². The maximum Gasteiger partial charge on any atom is 0.290 e. The number of piperazine rings is 1. The highest BCUT2D eigenvalue weighted by Crippen LogP contribution is 2.43. The van der Waals surface area contributed by atoms with Crippen molar-refractivity contribution in [3.8, 4) is 0 Å². The lowest BCUT2D eigenvalue weighted by Crippen LogP contribution is -2.45. The van der Waals surface area contributed by atoms with Crippen molar-refractivity contribution < 1.29 is 14.7 Å². The van der Waals surface area contributed by atoms with Crippen molar-refractivity contribution in [2.24, 2.45) is 5.92 Å². The van der Waals surface area contributed by atoms with Gasteiger partial charge in [0.25, 0.3) is 6.47 Å². The van der Waals surface area contributed by atoms with Gasteiger partial charge >= 0.3 is 0 Å². The van der Waals surface area contributed by atoms with Crippen molar-refractivity contribution in [1.29, 1.82) is 0 Å². The molecule has 1 saturated heterocycles. The van der Waals surface area contributed by atoms with Crippen molar-refractivity contribution >= 4 is 12.4 Å². The Morgan fingerprint density at radius 1 is 1.35 bits per heavy atom. The number of amides is 1. The van der Waals surface area contributed by atoms with Gasteiger partial charge in [-0.25, -0.2) is 0 Å². The topological polar surface area (TPSA) is 77.0 Å². The number of hydrogen-bond donors (Lipinski definition) is 1. The van der Waals surface area contributed by atoms with Gasteiger partial charge in [0.05, 0.1) is 11.7 Å². The van der Waals surface area contributed by atoms with E-state index >= 15 is 0 Å². The molecule has 1 aliphatic heterocycles. The van der Waals surface area contributed by atoms with E-state index in [1.807, 2.05) is 36.3 Å². The molecular formula is C19H30N4O3. The molecule has 0 bridgehead atoms. The maximum absolute atomic E-state index is 12.7. The summed E-state index contributed by atoms with van der Waals surface area (Å²) >= 11 is 0. The number of likely N-dealkylation sites (N-methyl/N-ethyl adjacent to an activating group) is 1. The van der Waals surface area contributed by atoms with Crippen LogP contribution in [0.1, 0.15) is 31.0 Å². The third-order valence-corrected chi connectivity index (χ3v) is 5.11. The number of rotatable bonds is 6. The van der Waals surface area contributed by atoms with Crippen molar-refractivity contribution in [2.45, 2.75) is 25.3 Å². The molecular weight excluding hydrogens is 332 g/mol. The highest BCUT2D eigenvalue weighted by atomic mass is 16.3. The summed E-state index contributed by atoms with van der Waals surface area (Å²) in [5.74, 6) is 0.828. The third kappa shape index (κ3) is 6.07. The van der Waals surface area contributed by atoms with Gasteiger partial charge in [-0.15, -0.1) is 0 Å². The van der Waals surface area contributed by atoms with E-state index in [1.54, 1.807) is 0 Å². The maximum atomic E-state index is 12.7. The number of carboxylic acid groups (broad SMARTS) is 1. The highest BCUT2D eigenvalue weighted by molar-refractivity contribution is 5.76. The zero-order valence-corrected chi connectivity index (χ0v) is 15.8. The van der Waals surface area contributed by atoms with E-state index in [0.29, 0.717) is 12.3 Å². The number of aromatic nitrogens is 1. The Morgan fingerprint density at radius 3 is 2.54 bits per heavy atom. The van der Waals surface area contributed by atoms with E-state index in [-0.39, 0.29) is 18.4 Å². The van der Waals surface area contributed by atoms with Crippen LogP contribution in [0.5, 0.6) is 0 Å². The molecule has 2 fully saturated rings. The zero-order valence-electron chi connectivity index (χ0n) is 15.8. The predicted molar refractivity (Wildman–Crippen MR) is 99.7 cm³/mol. The first-order chi connectivity index (χ1) is 12.6. The fraction of sp³-hybridized carbons (Fsp3) is 0.632. The van der Waals surface area contributed by atoms with Gasteiger partial charge < -0.3 is 19.8 Å². The van der Waals surface area contributed by atoms with Gasteiger partial charge in [-0.3, -0.25) is 14.6 Å². The molecule has 1 aromatic heterocycles. The average Bonchev–Trinajstić information content (AvgIpc) is 3.47. The molecule has 0 spiro atoms. The quantitative estimate of drug-likeness (QED) is 0.770. The molecule has 144 valence electrons. The zero-order chi connectivity index (χ0) is 18.9. The summed E-state index contributed by atoms with van der Waals surface area (Å²) in [6, 6.07) is 6.15. The summed E-state index contributed by atoms with van der Waals surface area (Å²) in [7, 11) is 4.10. The molecule has 26 heavy (non-hydrogen) atoms. The van der Waals surface area contributed by atoms with Gasteiger partial charge in [-0.1, -0.05) is 6.07 Å². The summed E-state index contributed by atoms with van der Waals surface area (Å²) in [6.07, 6.45) is 4.85. The molecule has 0 aromatic carbocycles. The second-order valence-corrected chi connectivity index (χ2v) is 7.04. The van der Waals surface area contributed by atoms with Gasteiger partial charge in [-0.2, -0.15) is 0 Å². The van der Waals surface area contributed by atoms with Gasteiger partial charge in [-0.05, 0) is 37.9 Å². The van der Waals surface area contributed by atoms with Crippen LogP contribution in [0.2, 0.25) is 0 Å². The van der Waals surface area contributed by atoms with Crippen LogP contribution in [-0.4, -0.2) is 84.0 Å². The fourth-order valence-electron chi connectivity index (χ4n) is 3.38. The summed E-state index contributed by atoms with van der Waals surface area (Å²) in [4.78, 5) is 32.2. The second kappa shape index (κ2) is 10.2. The Morgan fingerprint density at radius 2 is 2.00 bits per heavy atom. The summed E-state index contributed by atoms with van der Waals surface area (Å²) in [5.41, 5.74) is 1.03. The molecule has 1 N–H and O–H groups in total. The second-order valence-electron chi connectivity index (χ2n) is 7.04. The first-order valence-corrected chi connectivity index (χ1v) is 9.22. The predicted octanol–water partition coefficient (Wildman–Crippen LogP) is 1.33.